The summed E-state index contributed by atoms with van der Waals surface area (Å²) in [6.07, 6.45) is 1.65. The largest absolute Gasteiger partial charge is 0.461 e. The van der Waals surface area contributed by atoms with E-state index in [1.807, 2.05) is 6.92 Å². The monoisotopic (exact) mass is 283 g/mol. The van der Waals surface area contributed by atoms with Crippen LogP contribution < -0.4 is 0 Å². The maximum absolute atomic E-state index is 11.6. The minimum Gasteiger partial charge on any atom is -0.461 e. The Morgan fingerprint density at radius 3 is 3.00 bits per heavy atom. The Morgan fingerprint density at radius 1 is 1.62 bits per heavy atom. The van der Waals surface area contributed by atoms with Gasteiger partial charge in [-0.25, -0.2) is 14.8 Å². The highest BCUT2D eigenvalue weighted by Gasteiger charge is 2.19. The Balaban J connectivity index is 2.61. The summed E-state index contributed by atoms with van der Waals surface area (Å²) in [7, 11) is 0. The summed E-state index contributed by atoms with van der Waals surface area (Å²) in [5.74, 6) is 0.324. The molecule has 0 saturated heterocycles. The van der Waals surface area contributed by atoms with Crippen LogP contribution in [0.1, 0.15) is 23.2 Å². The second-order valence-electron chi connectivity index (χ2n) is 3.16. The number of carbonyl (C=O) groups excluding carboxylic acids is 1. The van der Waals surface area contributed by atoms with E-state index in [-0.39, 0.29) is 5.69 Å². The van der Waals surface area contributed by atoms with Crippen molar-refractivity contribution in [2.45, 2.75) is 13.8 Å². The van der Waals surface area contributed by atoms with E-state index in [4.69, 9.17) is 4.74 Å². The molecule has 0 saturated carbocycles. The maximum atomic E-state index is 11.6. The molecule has 0 N–H and O–H groups in total. The molecule has 0 fully saturated rings. The van der Waals surface area contributed by atoms with Gasteiger partial charge in [0.05, 0.1) is 6.61 Å². The number of fused-ring (bicyclic) bond motifs is 1. The van der Waals surface area contributed by atoms with Crippen molar-refractivity contribution in [3.05, 3.63) is 28.4 Å². The second kappa shape index (κ2) is 4.21. The average Bonchev–Trinajstić information content (AvgIpc) is 2.58. The standard InChI is InChI=1S/C10H10BrN3O2/c1-3-16-10(15)8-9(11)14-6(2)12-5-4-7(14)13-8/h4-5H,3H2,1-2H3. The van der Waals surface area contributed by atoms with E-state index in [1.165, 1.54) is 0 Å². The Hall–Kier alpha value is -1.43. The summed E-state index contributed by atoms with van der Waals surface area (Å²) < 4.78 is 7.24. The lowest BCUT2D eigenvalue weighted by molar-refractivity contribution is 0.0519. The predicted molar refractivity (Wildman–Crippen MR) is 61.4 cm³/mol. The van der Waals surface area contributed by atoms with E-state index < -0.39 is 5.97 Å². The van der Waals surface area contributed by atoms with E-state index in [9.17, 15) is 4.79 Å². The van der Waals surface area contributed by atoms with Crippen molar-refractivity contribution in [2.75, 3.05) is 6.61 Å². The van der Waals surface area contributed by atoms with Crippen molar-refractivity contribution < 1.29 is 9.53 Å². The van der Waals surface area contributed by atoms with Crippen LogP contribution in [0.15, 0.2) is 16.9 Å². The molecule has 0 aliphatic rings. The first-order chi connectivity index (χ1) is 7.65. The number of rotatable bonds is 2. The molecule has 2 heterocycles. The topological polar surface area (TPSA) is 56.5 Å². The number of esters is 1. The van der Waals surface area contributed by atoms with E-state index >= 15 is 0 Å². The highest BCUT2D eigenvalue weighted by Crippen LogP contribution is 2.20. The molecule has 5 nitrogen and oxygen atoms in total. The molecule has 0 atom stereocenters. The van der Waals surface area contributed by atoms with Crippen LogP contribution in [-0.2, 0) is 4.74 Å². The van der Waals surface area contributed by atoms with Gasteiger partial charge in [-0.1, -0.05) is 0 Å². The molecule has 0 aliphatic heterocycles. The predicted octanol–water partition coefficient (Wildman–Crippen LogP) is 1.98. The lowest BCUT2D eigenvalue weighted by Gasteiger charge is -1.99. The molecule has 0 amide bonds. The first-order valence-corrected chi connectivity index (χ1v) is 5.61. The van der Waals surface area contributed by atoms with Crippen LogP contribution in [0.3, 0.4) is 0 Å². The lowest BCUT2D eigenvalue weighted by Crippen LogP contribution is -2.06. The number of imidazole rings is 1. The van der Waals surface area contributed by atoms with Gasteiger partial charge >= 0.3 is 5.97 Å². The highest BCUT2D eigenvalue weighted by molar-refractivity contribution is 9.10. The molecule has 0 unspecified atom stereocenters. The van der Waals surface area contributed by atoms with E-state index in [0.29, 0.717) is 16.9 Å². The van der Waals surface area contributed by atoms with Gasteiger partial charge in [0, 0.05) is 6.20 Å². The molecular formula is C10H10BrN3O2. The molecule has 84 valence electrons. The minimum atomic E-state index is -0.433. The Morgan fingerprint density at radius 2 is 2.38 bits per heavy atom. The summed E-state index contributed by atoms with van der Waals surface area (Å²) in [6, 6.07) is 1.74. The summed E-state index contributed by atoms with van der Waals surface area (Å²) in [6.45, 7) is 3.93. The summed E-state index contributed by atoms with van der Waals surface area (Å²) in [5, 5.41) is 0. The average molecular weight is 284 g/mol. The fourth-order valence-corrected chi connectivity index (χ4v) is 2.12. The number of ether oxygens (including phenoxy) is 1. The molecule has 0 radical (unpaired) electrons. The first-order valence-electron chi connectivity index (χ1n) is 4.81. The SMILES string of the molecule is CCOC(=O)c1nc2ccnc(C)n2c1Br. The van der Waals surface area contributed by atoms with Crippen molar-refractivity contribution >= 4 is 27.5 Å². The quantitative estimate of drug-likeness (QED) is 0.791. The van der Waals surface area contributed by atoms with Gasteiger partial charge in [0.15, 0.2) is 5.69 Å². The Labute approximate surface area is 101 Å². The number of aromatic nitrogens is 3. The summed E-state index contributed by atoms with van der Waals surface area (Å²) >= 11 is 3.33. The molecular weight excluding hydrogens is 274 g/mol. The summed E-state index contributed by atoms with van der Waals surface area (Å²) in [4.78, 5) is 19.9. The van der Waals surface area contributed by atoms with Gasteiger partial charge in [0.25, 0.3) is 0 Å². The highest BCUT2D eigenvalue weighted by atomic mass is 79.9. The van der Waals surface area contributed by atoms with Crippen molar-refractivity contribution in [1.82, 2.24) is 14.4 Å². The van der Waals surface area contributed by atoms with Crippen LogP contribution in [0, 0.1) is 6.92 Å². The molecule has 2 aromatic rings. The van der Waals surface area contributed by atoms with Crippen LogP contribution in [0.4, 0.5) is 0 Å². The van der Waals surface area contributed by atoms with Gasteiger partial charge < -0.3 is 4.74 Å². The molecule has 6 heteroatoms. The minimum absolute atomic E-state index is 0.276. The molecule has 0 spiro atoms. The van der Waals surface area contributed by atoms with Gasteiger partial charge in [0.2, 0.25) is 0 Å². The van der Waals surface area contributed by atoms with Crippen LogP contribution in [0.2, 0.25) is 0 Å². The van der Waals surface area contributed by atoms with Crippen LogP contribution >= 0.6 is 15.9 Å². The number of halogens is 1. The van der Waals surface area contributed by atoms with Crippen molar-refractivity contribution in [1.29, 1.82) is 0 Å². The molecule has 2 aromatic heterocycles. The normalized spacial score (nSPS) is 10.7. The first kappa shape index (κ1) is 11.1. The Bertz CT molecular complexity index is 550. The van der Waals surface area contributed by atoms with E-state index in [0.717, 1.165) is 5.82 Å². The lowest BCUT2D eigenvalue weighted by atomic mass is 10.5. The zero-order valence-electron chi connectivity index (χ0n) is 8.90. The van der Waals surface area contributed by atoms with Gasteiger partial charge in [0.1, 0.15) is 16.1 Å². The molecule has 16 heavy (non-hydrogen) atoms. The van der Waals surface area contributed by atoms with Crippen molar-refractivity contribution in [3.8, 4) is 0 Å². The van der Waals surface area contributed by atoms with Gasteiger partial charge in [-0.15, -0.1) is 0 Å². The Kier molecular flexibility index (Phi) is 2.91. The molecule has 2 rings (SSSR count). The zero-order chi connectivity index (χ0) is 11.7. The number of aryl methyl sites for hydroxylation is 1. The van der Waals surface area contributed by atoms with Crippen LogP contribution in [0.25, 0.3) is 5.65 Å². The van der Waals surface area contributed by atoms with E-state index in [2.05, 4.69) is 25.9 Å². The van der Waals surface area contributed by atoms with Crippen LogP contribution in [-0.4, -0.2) is 26.9 Å². The molecule has 0 bridgehead atoms. The number of carbonyl (C=O) groups is 1. The zero-order valence-corrected chi connectivity index (χ0v) is 10.5. The van der Waals surface area contributed by atoms with Crippen molar-refractivity contribution in [2.24, 2.45) is 0 Å². The number of nitrogens with zero attached hydrogens (tertiary/aromatic N) is 3. The third-order valence-corrected chi connectivity index (χ3v) is 2.85. The van der Waals surface area contributed by atoms with Crippen LogP contribution in [0.5, 0.6) is 0 Å². The molecule has 0 aliphatic carbocycles. The fourth-order valence-electron chi connectivity index (χ4n) is 1.44. The second-order valence-corrected chi connectivity index (χ2v) is 3.91. The van der Waals surface area contributed by atoms with Gasteiger partial charge in [-0.05, 0) is 35.8 Å². The number of hydrogen-bond donors (Lipinski definition) is 0. The fraction of sp³-hybridized carbons (Fsp3) is 0.300. The smallest absolute Gasteiger partial charge is 0.359 e. The third-order valence-electron chi connectivity index (χ3n) is 2.12. The van der Waals surface area contributed by atoms with Gasteiger partial charge in [-0.3, -0.25) is 4.40 Å². The maximum Gasteiger partial charge on any atom is 0.359 e. The number of hydrogen-bond acceptors (Lipinski definition) is 4. The van der Waals surface area contributed by atoms with Gasteiger partial charge in [-0.2, -0.15) is 0 Å². The molecule has 0 aromatic carbocycles. The van der Waals surface area contributed by atoms with Crippen molar-refractivity contribution in [3.63, 3.8) is 0 Å². The summed E-state index contributed by atoms with van der Waals surface area (Å²) in [5.41, 5.74) is 0.945. The van der Waals surface area contributed by atoms with E-state index in [1.54, 1.807) is 23.6 Å². The third kappa shape index (κ3) is 1.69.